The van der Waals surface area contributed by atoms with Crippen molar-refractivity contribution in [2.75, 3.05) is 19.9 Å². The smallest absolute Gasteiger partial charge is 0.308 e. The van der Waals surface area contributed by atoms with Gasteiger partial charge in [0.15, 0.2) is 11.5 Å². The summed E-state index contributed by atoms with van der Waals surface area (Å²) in [4.78, 5) is 37.8. The highest BCUT2D eigenvalue weighted by atomic mass is 16.7. The predicted octanol–water partition coefficient (Wildman–Crippen LogP) is 2.85. The van der Waals surface area contributed by atoms with Gasteiger partial charge in [-0.1, -0.05) is 0 Å². The normalized spacial score (nSPS) is 19.9. The number of esters is 1. The highest BCUT2D eigenvalue weighted by molar-refractivity contribution is 5.97. The molecule has 2 aliphatic rings. The first-order valence-electron chi connectivity index (χ1n) is 10.9. The number of carbonyl (C=O) groups is 2. The molecular weight excluding hydrogens is 400 g/mol. The zero-order valence-corrected chi connectivity index (χ0v) is 17.9. The third kappa shape index (κ3) is 4.24. The number of nitrogens with one attached hydrogen (secondary N) is 1. The Morgan fingerprint density at radius 2 is 1.84 bits per heavy atom. The monoisotopic (exact) mass is 428 g/mol. The molecule has 1 N–H and O–H groups in total. The summed E-state index contributed by atoms with van der Waals surface area (Å²) in [5, 5.41) is 3.36. The van der Waals surface area contributed by atoms with E-state index in [2.05, 4.69) is 5.32 Å². The number of rotatable bonds is 6. The Morgan fingerprint density at radius 1 is 1.13 bits per heavy atom. The average Bonchev–Trinajstić information content (AvgIpc) is 3.25. The second-order valence-electron chi connectivity index (χ2n) is 8.06. The van der Waals surface area contributed by atoms with Crippen molar-refractivity contribution in [3.63, 3.8) is 0 Å². The lowest BCUT2D eigenvalue weighted by molar-refractivity contribution is -0.149. The van der Waals surface area contributed by atoms with Crippen LogP contribution < -0.4 is 20.2 Å². The molecule has 0 unspecified atom stereocenters. The first-order chi connectivity index (χ1) is 15.0. The van der Waals surface area contributed by atoms with Crippen LogP contribution in [0.2, 0.25) is 0 Å². The highest BCUT2D eigenvalue weighted by Crippen LogP contribution is 2.35. The molecule has 0 spiro atoms. The van der Waals surface area contributed by atoms with Crippen LogP contribution in [0.15, 0.2) is 23.1 Å². The van der Waals surface area contributed by atoms with E-state index in [0.717, 1.165) is 25.7 Å². The molecular formula is C23H28N2O6. The van der Waals surface area contributed by atoms with E-state index in [1.54, 1.807) is 18.3 Å². The van der Waals surface area contributed by atoms with Gasteiger partial charge >= 0.3 is 5.97 Å². The fraction of sp³-hybridized carbons (Fsp3) is 0.522. The number of nitrogens with zero attached hydrogens (tertiary/aromatic N) is 1. The Morgan fingerprint density at radius 3 is 2.52 bits per heavy atom. The van der Waals surface area contributed by atoms with E-state index in [-0.39, 0.29) is 41.5 Å². The predicted molar refractivity (Wildman–Crippen MR) is 114 cm³/mol. The van der Waals surface area contributed by atoms with Crippen molar-refractivity contribution < 1.29 is 23.8 Å². The summed E-state index contributed by atoms with van der Waals surface area (Å²) in [6, 6.07) is 3.44. The number of pyridine rings is 1. The van der Waals surface area contributed by atoms with Gasteiger partial charge in [0.25, 0.3) is 5.91 Å². The molecule has 0 radical (unpaired) electrons. The molecule has 2 heterocycles. The van der Waals surface area contributed by atoms with Crippen LogP contribution >= 0.6 is 0 Å². The Kier molecular flexibility index (Phi) is 6.15. The molecule has 166 valence electrons. The summed E-state index contributed by atoms with van der Waals surface area (Å²) in [6.07, 6.45) is 4.85. The number of aryl methyl sites for hydroxylation is 1. The maximum atomic E-state index is 13.0. The van der Waals surface area contributed by atoms with Gasteiger partial charge in [-0.05, 0) is 51.5 Å². The molecule has 1 amide bonds. The van der Waals surface area contributed by atoms with Gasteiger partial charge in [-0.2, -0.15) is 0 Å². The van der Waals surface area contributed by atoms with E-state index < -0.39 is 0 Å². The molecule has 1 aliphatic carbocycles. The van der Waals surface area contributed by atoms with E-state index >= 15 is 0 Å². The quantitative estimate of drug-likeness (QED) is 0.711. The molecule has 8 nitrogen and oxygen atoms in total. The van der Waals surface area contributed by atoms with E-state index in [0.29, 0.717) is 42.1 Å². The van der Waals surface area contributed by atoms with Crippen LogP contribution in [-0.2, 0) is 16.1 Å². The van der Waals surface area contributed by atoms with E-state index in [4.69, 9.17) is 14.2 Å². The standard InChI is InChI=1S/C23H28N2O6/c1-3-25-12-17(21(26)16-9-19-20(10-18(16)25)31-13-30-19)22(27)24-11-14-5-7-15(8-6-14)23(28)29-4-2/h9-10,12,14-15H,3-8,11,13H2,1-2H3,(H,24,27). The maximum absolute atomic E-state index is 13.0. The van der Waals surface area contributed by atoms with Gasteiger partial charge in [0.1, 0.15) is 5.56 Å². The molecule has 1 fully saturated rings. The number of hydrogen-bond acceptors (Lipinski definition) is 6. The molecule has 1 aromatic carbocycles. The molecule has 8 heteroatoms. The molecule has 0 saturated heterocycles. The first-order valence-corrected chi connectivity index (χ1v) is 10.9. The number of benzene rings is 1. The van der Waals surface area contributed by atoms with Gasteiger partial charge in [-0.3, -0.25) is 14.4 Å². The van der Waals surface area contributed by atoms with Crippen molar-refractivity contribution in [2.24, 2.45) is 11.8 Å². The van der Waals surface area contributed by atoms with Crippen LogP contribution in [0.4, 0.5) is 0 Å². The maximum Gasteiger partial charge on any atom is 0.308 e. The molecule has 1 aromatic heterocycles. The van der Waals surface area contributed by atoms with Crippen molar-refractivity contribution in [3.8, 4) is 11.5 Å². The fourth-order valence-electron chi connectivity index (χ4n) is 4.40. The largest absolute Gasteiger partial charge is 0.466 e. The molecule has 2 aromatic rings. The summed E-state index contributed by atoms with van der Waals surface area (Å²) < 4.78 is 17.8. The molecule has 31 heavy (non-hydrogen) atoms. The average molecular weight is 428 g/mol. The molecule has 1 aliphatic heterocycles. The van der Waals surface area contributed by atoms with Crippen LogP contribution in [0.1, 0.15) is 49.9 Å². The number of ether oxygens (including phenoxy) is 3. The Hall–Kier alpha value is -3.03. The van der Waals surface area contributed by atoms with Crippen LogP contribution in [-0.4, -0.2) is 36.4 Å². The Balaban J connectivity index is 1.46. The number of carbonyl (C=O) groups excluding carboxylic acids is 2. The molecule has 0 atom stereocenters. The summed E-state index contributed by atoms with van der Waals surface area (Å²) >= 11 is 0. The molecule has 0 bridgehead atoms. The number of amides is 1. The van der Waals surface area contributed by atoms with Gasteiger partial charge in [0, 0.05) is 25.4 Å². The van der Waals surface area contributed by atoms with E-state index in [1.807, 2.05) is 18.4 Å². The summed E-state index contributed by atoms with van der Waals surface area (Å²) in [7, 11) is 0. The van der Waals surface area contributed by atoms with Gasteiger partial charge in [-0.25, -0.2) is 0 Å². The number of aromatic nitrogens is 1. The van der Waals surface area contributed by atoms with Crippen molar-refractivity contribution in [3.05, 3.63) is 34.1 Å². The van der Waals surface area contributed by atoms with Crippen LogP contribution in [0.5, 0.6) is 11.5 Å². The van der Waals surface area contributed by atoms with Gasteiger partial charge in [0.05, 0.1) is 23.4 Å². The summed E-state index contributed by atoms with van der Waals surface area (Å²) in [5.74, 6) is 0.865. The highest BCUT2D eigenvalue weighted by Gasteiger charge is 2.28. The van der Waals surface area contributed by atoms with Gasteiger partial charge < -0.3 is 24.1 Å². The van der Waals surface area contributed by atoms with Crippen LogP contribution in [0, 0.1) is 11.8 Å². The topological polar surface area (TPSA) is 95.9 Å². The van der Waals surface area contributed by atoms with E-state index in [9.17, 15) is 14.4 Å². The van der Waals surface area contributed by atoms with Gasteiger partial charge in [-0.15, -0.1) is 0 Å². The van der Waals surface area contributed by atoms with Crippen molar-refractivity contribution in [2.45, 2.75) is 46.1 Å². The lowest BCUT2D eigenvalue weighted by Gasteiger charge is -2.27. The second-order valence-corrected chi connectivity index (χ2v) is 8.06. The first kappa shape index (κ1) is 21.2. The minimum absolute atomic E-state index is 0.0444. The lowest BCUT2D eigenvalue weighted by atomic mass is 9.82. The number of hydrogen-bond donors (Lipinski definition) is 1. The lowest BCUT2D eigenvalue weighted by Crippen LogP contribution is -2.35. The van der Waals surface area contributed by atoms with E-state index in [1.165, 1.54) is 0 Å². The van der Waals surface area contributed by atoms with Gasteiger partial charge in [0.2, 0.25) is 12.2 Å². The van der Waals surface area contributed by atoms with Crippen molar-refractivity contribution in [1.82, 2.24) is 9.88 Å². The summed E-state index contributed by atoms with van der Waals surface area (Å²) in [5.41, 5.74) is 0.514. The second kappa shape index (κ2) is 8.99. The Bertz CT molecular complexity index is 1050. The van der Waals surface area contributed by atoms with Crippen LogP contribution in [0.25, 0.3) is 10.9 Å². The number of fused-ring (bicyclic) bond motifs is 2. The molecule has 1 saturated carbocycles. The molecule has 4 rings (SSSR count). The van der Waals surface area contributed by atoms with Crippen LogP contribution in [0.3, 0.4) is 0 Å². The fourth-order valence-corrected chi connectivity index (χ4v) is 4.40. The minimum atomic E-state index is -0.376. The zero-order valence-electron chi connectivity index (χ0n) is 17.9. The Labute approximate surface area is 180 Å². The SMILES string of the molecule is CCOC(=O)C1CCC(CNC(=O)c2cn(CC)c3cc4c(cc3c2=O)OCO4)CC1. The zero-order chi connectivity index (χ0) is 22.0. The summed E-state index contributed by atoms with van der Waals surface area (Å²) in [6.45, 7) is 5.38. The van der Waals surface area contributed by atoms with Crippen molar-refractivity contribution in [1.29, 1.82) is 0 Å². The minimum Gasteiger partial charge on any atom is -0.466 e. The van der Waals surface area contributed by atoms with Crippen molar-refractivity contribution >= 4 is 22.8 Å². The third-order valence-corrected chi connectivity index (χ3v) is 6.18. The third-order valence-electron chi connectivity index (χ3n) is 6.18.